The van der Waals surface area contributed by atoms with Gasteiger partial charge in [-0.3, -0.25) is 0 Å². The number of hydrogen-bond acceptors (Lipinski definition) is 2. The number of benzene rings is 2. The number of rotatable bonds is 3. The molecule has 1 aliphatic heterocycles. The van der Waals surface area contributed by atoms with Gasteiger partial charge in [-0.1, -0.05) is 6.07 Å². The average Bonchev–Trinajstić information content (AvgIpc) is 2.76. The summed E-state index contributed by atoms with van der Waals surface area (Å²) in [5, 5.41) is 0. The number of carbonyl (C=O) groups excluding carboxylic acids is 1. The van der Waals surface area contributed by atoms with E-state index in [4.69, 9.17) is 5.73 Å². The molecule has 0 radical (unpaired) electrons. The van der Waals surface area contributed by atoms with Gasteiger partial charge in [0.25, 0.3) is 0 Å². The highest BCUT2D eigenvalue weighted by molar-refractivity contribution is 5.75. The van der Waals surface area contributed by atoms with Gasteiger partial charge < -0.3 is 15.5 Å². The summed E-state index contributed by atoms with van der Waals surface area (Å²) in [6.45, 7) is 3.31. The lowest BCUT2D eigenvalue weighted by Crippen LogP contribution is -2.52. The Morgan fingerprint density at radius 2 is 1.63 bits per heavy atom. The number of aryl methyl sites for hydroxylation is 1. The second-order valence-electron chi connectivity index (χ2n) is 8.85. The van der Waals surface area contributed by atoms with E-state index in [-0.39, 0.29) is 18.2 Å². The van der Waals surface area contributed by atoms with Crippen LogP contribution < -0.4 is 5.73 Å². The fraction of sp³-hybridized carbons (Fsp3) is 0.458. The molecule has 2 aromatic rings. The predicted molar refractivity (Wildman–Crippen MR) is 116 cm³/mol. The zero-order chi connectivity index (χ0) is 26.3. The lowest BCUT2D eigenvalue weighted by atomic mass is 9.88. The van der Waals surface area contributed by atoms with Crippen LogP contribution >= 0.6 is 0 Å². The first-order valence-corrected chi connectivity index (χ1v) is 11.0. The van der Waals surface area contributed by atoms with Gasteiger partial charge >= 0.3 is 18.4 Å². The van der Waals surface area contributed by atoms with E-state index < -0.39 is 53.5 Å². The smallest absolute Gasteiger partial charge is 0.326 e. The first kappa shape index (κ1) is 26.8. The molecule has 2 N–H and O–H groups in total. The monoisotopic (exact) mass is 505 g/mol. The molecule has 11 heteroatoms. The Balaban J connectivity index is 1.97. The maximum absolute atomic E-state index is 13.6. The number of alkyl halides is 6. The molecule has 0 spiro atoms. The molecule has 3 atom stereocenters. The number of nitrogens with two attached hydrogens (primary N) is 1. The van der Waals surface area contributed by atoms with Crippen LogP contribution in [0.3, 0.4) is 0 Å². The molecule has 192 valence electrons. The largest absolute Gasteiger partial charge is 0.416 e. The second kappa shape index (κ2) is 9.67. The average molecular weight is 505 g/mol. The predicted octanol–water partition coefficient (Wildman–Crippen LogP) is 6.45. The maximum Gasteiger partial charge on any atom is 0.416 e. The molecule has 0 bridgehead atoms. The van der Waals surface area contributed by atoms with Crippen LogP contribution in [0, 0.1) is 12.7 Å². The van der Waals surface area contributed by atoms with Crippen molar-refractivity contribution >= 4 is 6.03 Å². The van der Waals surface area contributed by atoms with Gasteiger partial charge in [0.05, 0.1) is 23.2 Å². The van der Waals surface area contributed by atoms with Gasteiger partial charge in [0, 0.05) is 19.6 Å². The Labute approximate surface area is 198 Å². The molecular weight excluding hydrogens is 479 g/mol. The summed E-state index contributed by atoms with van der Waals surface area (Å²) in [5.41, 5.74) is 4.32. The molecule has 2 amide bonds. The number of amides is 2. The Bertz CT molecular complexity index is 1050. The van der Waals surface area contributed by atoms with Gasteiger partial charge in [0.15, 0.2) is 0 Å². The van der Waals surface area contributed by atoms with E-state index >= 15 is 0 Å². The van der Waals surface area contributed by atoms with Crippen LogP contribution in [0.1, 0.15) is 59.7 Å². The zero-order valence-corrected chi connectivity index (χ0v) is 19.3. The van der Waals surface area contributed by atoms with E-state index in [1.807, 2.05) is 0 Å². The van der Waals surface area contributed by atoms with Crippen molar-refractivity contribution in [3.8, 4) is 0 Å². The molecule has 0 aromatic heterocycles. The number of carbonyl (C=O) groups is 1. The topological polar surface area (TPSA) is 49.6 Å². The van der Waals surface area contributed by atoms with Crippen LogP contribution in [0.2, 0.25) is 0 Å². The van der Waals surface area contributed by atoms with Gasteiger partial charge in [-0.15, -0.1) is 0 Å². The van der Waals surface area contributed by atoms with Gasteiger partial charge in [0.2, 0.25) is 0 Å². The molecule has 35 heavy (non-hydrogen) atoms. The summed E-state index contributed by atoms with van der Waals surface area (Å²) in [6, 6.07) is 2.56. The maximum atomic E-state index is 13.6. The quantitative estimate of drug-likeness (QED) is 0.488. The minimum Gasteiger partial charge on any atom is -0.326 e. The van der Waals surface area contributed by atoms with Gasteiger partial charge in [0.1, 0.15) is 5.82 Å². The van der Waals surface area contributed by atoms with Gasteiger partial charge in [-0.05, 0) is 73.7 Å². The summed E-state index contributed by atoms with van der Waals surface area (Å²) in [7, 11) is 1.31. The first-order chi connectivity index (χ1) is 16.1. The standard InChI is InChI=1S/C24H26F7N3O/c1-13-9-18(25)6-7-19(13)21-20(32)5-4-8-34(21)22(35)33(3)14(2)15-10-16(23(26,27)28)12-17(11-15)24(29,30)31/h6-7,9-12,14,20-21H,4-5,8,32H2,1-3H3. The zero-order valence-electron chi connectivity index (χ0n) is 19.3. The Kier molecular flexibility index (Phi) is 7.40. The molecule has 0 aliphatic carbocycles. The molecule has 0 saturated carbocycles. The number of nitrogens with zero attached hydrogens (tertiary/aromatic N) is 2. The summed E-state index contributed by atoms with van der Waals surface area (Å²) in [4.78, 5) is 16.0. The molecule has 1 fully saturated rings. The van der Waals surface area contributed by atoms with Crippen LogP contribution in [0.5, 0.6) is 0 Å². The lowest BCUT2D eigenvalue weighted by molar-refractivity contribution is -0.143. The third-order valence-corrected chi connectivity index (χ3v) is 6.45. The Hall–Kier alpha value is -2.82. The molecule has 2 aromatic carbocycles. The second-order valence-corrected chi connectivity index (χ2v) is 8.85. The van der Waals surface area contributed by atoms with E-state index in [0.717, 1.165) is 4.90 Å². The van der Waals surface area contributed by atoms with Gasteiger partial charge in [-0.2, -0.15) is 26.3 Å². The molecule has 1 aliphatic rings. The highest BCUT2D eigenvalue weighted by atomic mass is 19.4. The fourth-order valence-electron chi connectivity index (χ4n) is 4.42. The third-order valence-electron chi connectivity index (χ3n) is 6.45. The Morgan fingerprint density at radius 1 is 1.06 bits per heavy atom. The van der Waals surface area contributed by atoms with Crippen molar-refractivity contribution < 1.29 is 35.5 Å². The summed E-state index contributed by atoms with van der Waals surface area (Å²) in [6.07, 6.45) is -8.84. The minimum absolute atomic E-state index is 0.0506. The minimum atomic E-state index is -5.00. The molecule has 1 heterocycles. The van der Waals surface area contributed by atoms with Crippen LogP contribution in [0.4, 0.5) is 35.5 Å². The van der Waals surface area contributed by atoms with Crippen molar-refractivity contribution in [2.45, 2.75) is 57.2 Å². The molecule has 1 saturated heterocycles. The SMILES string of the molecule is Cc1cc(F)ccc1C1C(N)CCCN1C(=O)N(C)C(C)c1cc(C(F)(F)F)cc(C(F)(F)F)c1. The van der Waals surface area contributed by atoms with Crippen LogP contribution in [0.15, 0.2) is 36.4 Å². The summed E-state index contributed by atoms with van der Waals surface area (Å²) < 4.78 is 93.5. The van der Waals surface area contributed by atoms with Crippen molar-refractivity contribution in [1.29, 1.82) is 0 Å². The van der Waals surface area contributed by atoms with Gasteiger partial charge in [-0.25, -0.2) is 9.18 Å². The molecule has 4 nitrogen and oxygen atoms in total. The molecule has 3 unspecified atom stereocenters. The lowest BCUT2D eigenvalue weighted by Gasteiger charge is -2.43. The van der Waals surface area contributed by atoms with Crippen molar-refractivity contribution in [2.75, 3.05) is 13.6 Å². The number of halogens is 7. The molecule has 3 rings (SSSR count). The normalized spacial score (nSPS) is 20.0. The van der Waals surface area contributed by atoms with E-state index in [1.54, 1.807) is 6.92 Å². The van der Waals surface area contributed by atoms with E-state index in [1.165, 1.54) is 37.1 Å². The van der Waals surface area contributed by atoms with Crippen molar-refractivity contribution in [2.24, 2.45) is 5.73 Å². The number of piperidine rings is 1. The molecular formula is C24H26F7N3O. The number of likely N-dealkylation sites (tertiary alicyclic amines) is 1. The van der Waals surface area contributed by atoms with Crippen molar-refractivity contribution in [3.63, 3.8) is 0 Å². The fourth-order valence-corrected chi connectivity index (χ4v) is 4.42. The van der Waals surface area contributed by atoms with E-state index in [2.05, 4.69) is 0 Å². The summed E-state index contributed by atoms with van der Waals surface area (Å²) in [5.74, 6) is -0.454. The van der Waals surface area contributed by atoms with Crippen LogP contribution in [-0.4, -0.2) is 35.5 Å². The van der Waals surface area contributed by atoms with Crippen molar-refractivity contribution in [1.82, 2.24) is 9.80 Å². The highest BCUT2D eigenvalue weighted by Gasteiger charge is 2.39. The van der Waals surface area contributed by atoms with E-state index in [9.17, 15) is 35.5 Å². The summed E-state index contributed by atoms with van der Waals surface area (Å²) >= 11 is 0. The Morgan fingerprint density at radius 3 is 2.14 bits per heavy atom. The number of hydrogen-bond donors (Lipinski definition) is 1. The third kappa shape index (κ3) is 5.71. The van der Waals surface area contributed by atoms with Crippen molar-refractivity contribution in [3.05, 3.63) is 70.0 Å². The highest BCUT2D eigenvalue weighted by Crippen LogP contribution is 2.39. The van der Waals surface area contributed by atoms with Crippen LogP contribution in [0.25, 0.3) is 0 Å². The van der Waals surface area contributed by atoms with Crippen LogP contribution in [-0.2, 0) is 12.4 Å². The first-order valence-electron chi connectivity index (χ1n) is 11.0. The van der Waals surface area contributed by atoms with E-state index in [0.29, 0.717) is 36.1 Å². The number of urea groups is 1.